The molecule has 1 heterocycles. The Labute approximate surface area is 154 Å². The van der Waals surface area contributed by atoms with Gasteiger partial charge in [-0.05, 0) is 48.0 Å². The van der Waals surface area contributed by atoms with Gasteiger partial charge in [-0.15, -0.1) is 0 Å². The van der Waals surface area contributed by atoms with E-state index in [4.69, 9.17) is 9.47 Å². The standard InChI is InChI=1S/C19H15FN2O5/c1-26-15-8-3-11(10-16(15)27-2)9-14-17(23)21-19(25)22(18(14)24)13-6-4-12(20)5-7-13/h3-10H,1-2H3,(H,21,23,25)/b14-9+. The molecule has 1 fully saturated rings. The number of benzene rings is 2. The van der Waals surface area contributed by atoms with Crippen molar-refractivity contribution >= 4 is 29.6 Å². The van der Waals surface area contributed by atoms with Gasteiger partial charge >= 0.3 is 6.03 Å². The van der Waals surface area contributed by atoms with Crippen molar-refractivity contribution in [3.05, 3.63) is 59.4 Å². The molecule has 7 nitrogen and oxygen atoms in total. The predicted molar refractivity (Wildman–Crippen MR) is 94.9 cm³/mol. The van der Waals surface area contributed by atoms with E-state index in [1.807, 2.05) is 0 Å². The molecule has 0 saturated carbocycles. The smallest absolute Gasteiger partial charge is 0.335 e. The Kier molecular flexibility index (Phi) is 4.89. The van der Waals surface area contributed by atoms with Crippen LogP contribution in [-0.2, 0) is 9.59 Å². The number of carbonyl (C=O) groups excluding carboxylic acids is 3. The number of urea groups is 1. The van der Waals surface area contributed by atoms with Gasteiger partial charge in [-0.1, -0.05) is 6.07 Å². The molecule has 0 atom stereocenters. The highest BCUT2D eigenvalue weighted by Gasteiger charge is 2.36. The van der Waals surface area contributed by atoms with Crippen LogP contribution >= 0.6 is 0 Å². The van der Waals surface area contributed by atoms with Crippen molar-refractivity contribution in [2.45, 2.75) is 0 Å². The Morgan fingerprint density at radius 1 is 0.963 bits per heavy atom. The first-order valence-electron chi connectivity index (χ1n) is 7.83. The fourth-order valence-corrected chi connectivity index (χ4v) is 2.59. The molecule has 2 aromatic rings. The van der Waals surface area contributed by atoms with Crippen LogP contribution in [-0.4, -0.2) is 32.1 Å². The minimum absolute atomic E-state index is 0.143. The van der Waals surface area contributed by atoms with Crippen LogP contribution in [0.1, 0.15) is 5.56 Å². The second kappa shape index (κ2) is 7.28. The monoisotopic (exact) mass is 370 g/mol. The quantitative estimate of drug-likeness (QED) is 0.660. The summed E-state index contributed by atoms with van der Waals surface area (Å²) in [4.78, 5) is 37.8. The number of anilines is 1. The summed E-state index contributed by atoms with van der Waals surface area (Å²) >= 11 is 0. The van der Waals surface area contributed by atoms with Crippen LogP contribution in [0.15, 0.2) is 48.0 Å². The van der Waals surface area contributed by atoms with E-state index in [0.29, 0.717) is 17.1 Å². The second-order valence-corrected chi connectivity index (χ2v) is 5.55. The van der Waals surface area contributed by atoms with Crippen LogP contribution in [0.2, 0.25) is 0 Å². The van der Waals surface area contributed by atoms with E-state index in [0.717, 1.165) is 17.0 Å². The number of hydrogen-bond donors (Lipinski definition) is 1. The fourth-order valence-electron chi connectivity index (χ4n) is 2.59. The van der Waals surface area contributed by atoms with Gasteiger partial charge in [0.1, 0.15) is 11.4 Å². The number of ether oxygens (including phenoxy) is 2. The van der Waals surface area contributed by atoms with Gasteiger partial charge in [-0.3, -0.25) is 14.9 Å². The molecule has 27 heavy (non-hydrogen) atoms. The Hall–Kier alpha value is -3.68. The highest BCUT2D eigenvalue weighted by molar-refractivity contribution is 6.39. The van der Waals surface area contributed by atoms with Crippen LogP contribution in [0, 0.1) is 5.82 Å². The fraction of sp³-hybridized carbons (Fsp3) is 0.105. The summed E-state index contributed by atoms with van der Waals surface area (Å²) in [6.07, 6.45) is 1.34. The molecule has 0 aromatic heterocycles. The molecule has 0 aliphatic carbocycles. The molecule has 3 rings (SSSR count). The van der Waals surface area contributed by atoms with Crippen molar-refractivity contribution in [3.8, 4) is 11.5 Å². The SMILES string of the molecule is COc1ccc(/C=C2\C(=O)NC(=O)N(c3ccc(F)cc3)C2=O)cc1OC. The topological polar surface area (TPSA) is 84.9 Å². The number of barbiturate groups is 1. The maximum Gasteiger partial charge on any atom is 0.335 e. The third kappa shape index (κ3) is 3.50. The van der Waals surface area contributed by atoms with Crippen molar-refractivity contribution in [2.24, 2.45) is 0 Å². The highest BCUT2D eigenvalue weighted by Crippen LogP contribution is 2.29. The zero-order valence-corrected chi connectivity index (χ0v) is 14.5. The second-order valence-electron chi connectivity index (χ2n) is 5.55. The van der Waals surface area contributed by atoms with E-state index in [1.165, 1.54) is 32.4 Å². The van der Waals surface area contributed by atoms with E-state index in [1.54, 1.807) is 18.2 Å². The average molecular weight is 370 g/mol. The molecule has 0 bridgehead atoms. The summed E-state index contributed by atoms with van der Waals surface area (Å²) in [6, 6.07) is 8.72. The first-order valence-corrected chi connectivity index (χ1v) is 7.83. The van der Waals surface area contributed by atoms with Crippen LogP contribution in [0.4, 0.5) is 14.9 Å². The molecular weight excluding hydrogens is 355 g/mol. The molecule has 0 spiro atoms. The van der Waals surface area contributed by atoms with Crippen LogP contribution in [0.5, 0.6) is 11.5 Å². The zero-order valence-electron chi connectivity index (χ0n) is 14.5. The van der Waals surface area contributed by atoms with Gasteiger partial charge in [-0.25, -0.2) is 14.1 Å². The molecule has 1 N–H and O–H groups in total. The van der Waals surface area contributed by atoms with Gasteiger partial charge in [0.2, 0.25) is 0 Å². The summed E-state index contributed by atoms with van der Waals surface area (Å²) in [7, 11) is 2.95. The first kappa shape index (κ1) is 18.1. The minimum atomic E-state index is -0.902. The summed E-state index contributed by atoms with van der Waals surface area (Å²) in [5, 5.41) is 2.10. The van der Waals surface area contributed by atoms with Gasteiger partial charge in [-0.2, -0.15) is 0 Å². The van der Waals surface area contributed by atoms with E-state index >= 15 is 0 Å². The maximum absolute atomic E-state index is 13.1. The normalized spacial score (nSPS) is 15.7. The van der Waals surface area contributed by atoms with Gasteiger partial charge in [0.25, 0.3) is 11.8 Å². The Morgan fingerprint density at radius 2 is 1.63 bits per heavy atom. The molecule has 4 amide bonds. The molecule has 0 unspecified atom stereocenters. The third-order valence-electron chi connectivity index (χ3n) is 3.91. The lowest BCUT2D eigenvalue weighted by Gasteiger charge is -2.26. The lowest BCUT2D eigenvalue weighted by atomic mass is 10.1. The summed E-state index contributed by atoms with van der Waals surface area (Å²) in [5.41, 5.74) is 0.398. The van der Waals surface area contributed by atoms with Gasteiger partial charge < -0.3 is 9.47 Å². The predicted octanol–water partition coefficient (Wildman–Crippen LogP) is 2.51. The maximum atomic E-state index is 13.1. The number of carbonyl (C=O) groups is 3. The van der Waals surface area contributed by atoms with E-state index < -0.39 is 23.7 Å². The summed E-state index contributed by atoms with van der Waals surface area (Å²) < 4.78 is 23.5. The van der Waals surface area contributed by atoms with E-state index in [9.17, 15) is 18.8 Å². The summed E-state index contributed by atoms with van der Waals surface area (Å²) in [6.45, 7) is 0. The van der Waals surface area contributed by atoms with Crippen molar-refractivity contribution in [3.63, 3.8) is 0 Å². The molecule has 1 aliphatic rings. The first-order chi connectivity index (χ1) is 12.9. The highest BCUT2D eigenvalue weighted by atomic mass is 19.1. The molecule has 1 aliphatic heterocycles. The van der Waals surface area contributed by atoms with Gasteiger partial charge in [0.05, 0.1) is 19.9 Å². The molecule has 8 heteroatoms. The zero-order chi connectivity index (χ0) is 19.6. The number of imide groups is 2. The van der Waals surface area contributed by atoms with Gasteiger partial charge in [0, 0.05) is 0 Å². The number of rotatable bonds is 4. The Morgan fingerprint density at radius 3 is 2.26 bits per heavy atom. The number of nitrogens with zero attached hydrogens (tertiary/aromatic N) is 1. The third-order valence-corrected chi connectivity index (χ3v) is 3.91. The number of methoxy groups -OCH3 is 2. The number of amides is 4. The molecule has 138 valence electrons. The number of halogens is 1. The average Bonchev–Trinajstić information content (AvgIpc) is 2.66. The van der Waals surface area contributed by atoms with E-state index in [-0.39, 0.29) is 11.3 Å². The molecule has 0 radical (unpaired) electrons. The molecule has 2 aromatic carbocycles. The van der Waals surface area contributed by atoms with Crippen molar-refractivity contribution in [1.29, 1.82) is 0 Å². The Bertz CT molecular complexity index is 953. The molecular formula is C19H15FN2O5. The number of hydrogen-bond acceptors (Lipinski definition) is 5. The largest absolute Gasteiger partial charge is 0.493 e. The van der Waals surface area contributed by atoms with Crippen LogP contribution < -0.4 is 19.7 Å². The van der Waals surface area contributed by atoms with E-state index in [2.05, 4.69) is 5.32 Å². The van der Waals surface area contributed by atoms with Crippen molar-refractivity contribution in [1.82, 2.24) is 5.32 Å². The van der Waals surface area contributed by atoms with Gasteiger partial charge in [0.15, 0.2) is 11.5 Å². The van der Waals surface area contributed by atoms with Crippen molar-refractivity contribution < 1.29 is 28.2 Å². The lowest BCUT2D eigenvalue weighted by Crippen LogP contribution is -2.54. The molecule has 1 saturated heterocycles. The minimum Gasteiger partial charge on any atom is -0.493 e. The van der Waals surface area contributed by atoms with Crippen LogP contribution in [0.3, 0.4) is 0 Å². The van der Waals surface area contributed by atoms with Crippen LogP contribution in [0.25, 0.3) is 6.08 Å². The Balaban J connectivity index is 2.00. The lowest BCUT2D eigenvalue weighted by molar-refractivity contribution is -0.122. The summed E-state index contributed by atoms with van der Waals surface area (Å²) in [5.74, 6) is -1.24. The number of nitrogens with one attached hydrogen (secondary N) is 1. The van der Waals surface area contributed by atoms with Crippen molar-refractivity contribution in [2.75, 3.05) is 19.1 Å².